The van der Waals surface area contributed by atoms with Gasteiger partial charge in [0.2, 0.25) is 0 Å². The highest BCUT2D eigenvalue weighted by atomic mass is 32.2. The van der Waals surface area contributed by atoms with Crippen LogP contribution in [-0.2, 0) is 0 Å². The van der Waals surface area contributed by atoms with Gasteiger partial charge in [-0.1, -0.05) is 11.9 Å². The lowest BCUT2D eigenvalue weighted by molar-refractivity contribution is 0.322. The molecule has 1 aliphatic heterocycles. The molecule has 1 fully saturated rings. The third-order valence-corrected chi connectivity index (χ3v) is 3.91. The molecule has 66 valence electrons. The van der Waals surface area contributed by atoms with Gasteiger partial charge in [-0.2, -0.15) is 0 Å². The Labute approximate surface area is 76.9 Å². The predicted octanol–water partition coefficient (Wildman–Crippen LogP) is 1.41. The first kappa shape index (κ1) is 9.71. The van der Waals surface area contributed by atoms with Gasteiger partial charge in [-0.3, -0.25) is 0 Å². The summed E-state index contributed by atoms with van der Waals surface area (Å²) in [5.41, 5.74) is 0. The first-order chi connectivity index (χ1) is 5.43. The molecule has 0 saturated carbocycles. The van der Waals surface area contributed by atoms with Crippen LogP contribution in [0, 0.1) is 0 Å². The van der Waals surface area contributed by atoms with Gasteiger partial charge in [0.15, 0.2) is 0 Å². The summed E-state index contributed by atoms with van der Waals surface area (Å²) in [7, 11) is 0. The second-order valence-corrected chi connectivity index (χ2v) is 5.05. The Bertz CT molecular complexity index is 96.4. The molecule has 4 heteroatoms. The van der Waals surface area contributed by atoms with E-state index >= 15 is 0 Å². The number of nitrogens with zero attached hydrogens (tertiary/aromatic N) is 1. The van der Waals surface area contributed by atoms with Gasteiger partial charge in [-0.15, -0.1) is 11.8 Å². The molecule has 0 aliphatic carbocycles. The van der Waals surface area contributed by atoms with E-state index < -0.39 is 0 Å². The fourth-order valence-electron chi connectivity index (χ4n) is 1.05. The van der Waals surface area contributed by atoms with E-state index in [0.29, 0.717) is 6.61 Å². The lowest BCUT2D eigenvalue weighted by Crippen LogP contribution is -2.09. The monoisotopic (exact) mass is 193 g/mol. The van der Waals surface area contributed by atoms with Gasteiger partial charge in [0.1, 0.15) is 0 Å². The Morgan fingerprint density at radius 1 is 1.27 bits per heavy atom. The molecule has 1 N–H and O–H groups in total. The minimum absolute atomic E-state index is 0.311. The van der Waals surface area contributed by atoms with Crippen molar-refractivity contribution in [3.8, 4) is 0 Å². The Kier molecular flexibility index (Phi) is 5.45. The van der Waals surface area contributed by atoms with Gasteiger partial charge >= 0.3 is 0 Å². The van der Waals surface area contributed by atoms with Crippen molar-refractivity contribution in [2.45, 2.75) is 12.8 Å². The lowest BCUT2D eigenvalue weighted by atomic mass is 10.4. The van der Waals surface area contributed by atoms with E-state index in [9.17, 15) is 0 Å². The Morgan fingerprint density at radius 3 is 2.64 bits per heavy atom. The highest BCUT2D eigenvalue weighted by molar-refractivity contribution is 8.14. The maximum absolute atomic E-state index is 8.51. The first-order valence-electron chi connectivity index (χ1n) is 4.00. The fraction of sp³-hybridized carbons (Fsp3) is 1.00. The van der Waals surface area contributed by atoms with Crippen LogP contribution in [-0.4, -0.2) is 39.9 Å². The molecule has 2 nitrogen and oxygen atoms in total. The Balaban J connectivity index is 1.86. The van der Waals surface area contributed by atoms with Crippen molar-refractivity contribution >= 4 is 23.7 Å². The molecule has 0 amide bonds. The van der Waals surface area contributed by atoms with Crippen LogP contribution in [0.25, 0.3) is 0 Å². The van der Waals surface area contributed by atoms with E-state index in [-0.39, 0.29) is 0 Å². The topological polar surface area (TPSA) is 23.5 Å². The molecule has 11 heavy (non-hydrogen) atoms. The summed E-state index contributed by atoms with van der Waals surface area (Å²) in [4.78, 5) is 0. The van der Waals surface area contributed by atoms with Crippen LogP contribution in [0.15, 0.2) is 0 Å². The van der Waals surface area contributed by atoms with Crippen LogP contribution >= 0.6 is 23.7 Å². The molecule has 0 aromatic rings. The van der Waals surface area contributed by atoms with Gasteiger partial charge in [0.05, 0.1) is 11.7 Å². The van der Waals surface area contributed by atoms with Crippen LogP contribution < -0.4 is 0 Å². The number of hydrogen-bond donors (Lipinski definition) is 1. The van der Waals surface area contributed by atoms with E-state index in [4.69, 9.17) is 5.11 Å². The van der Waals surface area contributed by atoms with E-state index in [2.05, 4.69) is 4.31 Å². The van der Waals surface area contributed by atoms with Gasteiger partial charge in [-0.05, 0) is 12.8 Å². The van der Waals surface area contributed by atoms with Crippen LogP contribution in [0.4, 0.5) is 0 Å². The summed E-state index contributed by atoms with van der Waals surface area (Å²) < 4.78 is 2.42. The smallest absolute Gasteiger partial charge is 0.0540 e. The van der Waals surface area contributed by atoms with Crippen LogP contribution in [0.2, 0.25) is 0 Å². The highest BCUT2D eigenvalue weighted by Gasteiger charge is 2.10. The zero-order chi connectivity index (χ0) is 7.94. The number of hydrogen-bond acceptors (Lipinski definition) is 4. The van der Waals surface area contributed by atoms with E-state index in [0.717, 1.165) is 10.8 Å². The maximum atomic E-state index is 8.51. The van der Waals surface area contributed by atoms with Gasteiger partial charge < -0.3 is 5.11 Å². The Morgan fingerprint density at radius 2 is 2.00 bits per heavy atom. The molecule has 1 aliphatic rings. The summed E-state index contributed by atoms with van der Waals surface area (Å²) in [5.74, 6) is 0.876. The van der Waals surface area contributed by atoms with Gasteiger partial charge in [0.25, 0.3) is 0 Å². The maximum Gasteiger partial charge on any atom is 0.0540 e. The highest BCUT2D eigenvalue weighted by Crippen LogP contribution is 2.21. The van der Waals surface area contributed by atoms with Crippen molar-refractivity contribution in [1.82, 2.24) is 4.31 Å². The van der Waals surface area contributed by atoms with Gasteiger partial charge in [-0.25, -0.2) is 4.31 Å². The van der Waals surface area contributed by atoms with E-state index in [1.165, 1.54) is 25.9 Å². The van der Waals surface area contributed by atoms with Crippen molar-refractivity contribution in [1.29, 1.82) is 0 Å². The number of thioether (sulfide) groups is 1. The standard InChI is InChI=1S/C7H15NOS2/c9-5-6-10-7-11-8-3-1-2-4-8/h9H,1-7H2. The van der Waals surface area contributed by atoms with Crippen molar-refractivity contribution < 1.29 is 5.11 Å². The molecule has 1 heterocycles. The molecular weight excluding hydrogens is 178 g/mol. The van der Waals surface area contributed by atoms with Crippen molar-refractivity contribution in [3.63, 3.8) is 0 Å². The van der Waals surface area contributed by atoms with Crippen LogP contribution in [0.3, 0.4) is 0 Å². The molecule has 0 atom stereocenters. The molecule has 0 spiro atoms. The third kappa shape index (κ3) is 4.25. The van der Waals surface area contributed by atoms with Crippen molar-refractivity contribution in [2.75, 3.05) is 30.5 Å². The summed E-state index contributed by atoms with van der Waals surface area (Å²) in [6.45, 7) is 2.82. The second kappa shape index (κ2) is 6.17. The Hall–Kier alpha value is 0.620. The van der Waals surface area contributed by atoms with Crippen LogP contribution in [0.5, 0.6) is 0 Å². The van der Waals surface area contributed by atoms with Gasteiger partial charge in [0, 0.05) is 18.8 Å². The third-order valence-electron chi connectivity index (χ3n) is 1.62. The summed E-state index contributed by atoms with van der Waals surface area (Å²) in [6.07, 6.45) is 2.72. The summed E-state index contributed by atoms with van der Waals surface area (Å²) in [5, 5.41) is 9.61. The van der Waals surface area contributed by atoms with Crippen LogP contribution in [0.1, 0.15) is 12.8 Å². The number of rotatable bonds is 5. The molecule has 1 saturated heterocycles. The average molecular weight is 193 g/mol. The van der Waals surface area contributed by atoms with Crippen molar-refractivity contribution in [2.24, 2.45) is 0 Å². The molecule has 0 radical (unpaired) electrons. The zero-order valence-electron chi connectivity index (χ0n) is 6.66. The second-order valence-electron chi connectivity index (χ2n) is 2.51. The molecule has 0 aromatic heterocycles. The predicted molar refractivity (Wildman–Crippen MR) is 52.8 cm³/mol. The quantitative estimate of drug-likeness (QED) is 0.405. The normalized spacial score (nSPS) is 19.4. The summed E-state index contributed by atoms with van der Waals surface area (Å²) >= 11 is 3.72. The molecular formula is C7H15NOS2. The lowest BCUT2D eigenvalue weighted by Gasteiger charge is -2.11. The molecule has 0 unspecified atom stereocenters. The number of aliphatic hydroxyl groups is 1. The minimum Gasteiger partial charge on any atom is -0.396 e. The molecule has 0 aromatic carbocycles. The summed E-state index contributed by atoms with van der Waals surface area (Å²) in [6, 6.07) is 0. The van der Waals surface area contributed by atoms with E-state index in [1.54, 1.807) is 0 Å². The molecule has 0 bridgehead atoms. The first-order valence-corrected chi connectivity index (χ1v) is 6.09. The largest absolute Gasteiger partial charge is 0.396 e. The van der Waals surface area contributed by atoms with E-state index in [1.807, 2.05) is 23.7 Å². The zero-order valence-corrected chi connectivity index (χ0v) is 8.29. The fourth-order valence-corrected chi connectivity index (χ4v) is 3.06. The van der Waals surface area contributed by atoms with Crippen molar-refractivity contribution in [3.05, 3.63) is 0 Å². The number of aliphatic hydroxyl groups excluding tert-OH is 1. The minimum atomic E-state index is 0.311. The average Bonchev–Trinajstić information content (AvgIpc) is 2.50. The SMILES string of the molecule is OCCSCSN1CCCC1. The molecule has 1 rings (SSSR count).